The Morgan fingerprint density at radius 1 is 0.829 bits per heavy atom. The summed E-state index contributed by atoms with van der Waals surface area (Å²) >= 11 is 0. The first kappa shape index (κ1) is 24.8. The molecule has 0 bridgehead atoms. The number of carbonyl (C=O) groups excluding carboxylic acids is 3. The van der Waals surface area contributed by atoms with Crippen molar-refractivity contribution in [1.29, 1.82) is 0 Å². The Hall–Kier alpha value is -5.24. The van der Waals surface area contributed by atoms with Gasteiger partial charge in [0.2, 0.25) is 0 Å². The van der Waals surface area contributed by atoms with E-state index >= 15 is 0 Å². The van der Waals surface area contributed by atoms with Gasteiger partial charge in [-0.2, -0.15) is 0 Å². The van der Waals surface area contributed by atoms with Crippen LogP contribution in [0.4, 0.5) is 15.8 Å². The van der Waals surface area contributed by atoms with E-state index in [4.69, 9.17) is 0 Å². The summed E-state index contributed by atoms with van der Waals surface area (Å²) in [6.07, 6.45) is 3.67. The number of hydrogen-bond acceptors (Lipinski definition) is 6. The number of ketones is 3. The highest BCUT2D eigenvalue weighted by atomic mass is 19.1. The molecule has 7 rings (SSSR count). The van der Waals surface area contributed by atoms with E-state index in [0.717, 1.165) is 5.56 Å². The topological polar surface area (TPSA) is 97.6 Å². The highest BCUT2D eigenvalue weighted by molar-refractivity contribution is 6.32. The number of halogens is 1. The lowest BCUT2D eigenvalue weighted by Crippen LogP contribution is -2.48. The zero-order chi connectivity index (χ0) is 28.5. The maximum Gasteiger partial charge on any atom is 0.269 e. The molecule has 1 spiro atoms. The number of nitro groups is 1. The maximum atomic E-state index is 14.5. The standard InChI is InChI=1S/C33H21FN2O5/c34-22-14-9-20(10-15-22)28-29(30(37)21-11-16-23(17-12-21)36(40)41)35-26-8-4-1-5-19(26)13-18-27(35)33(28)31(38)24-6-2-3-7-25(24)32(33)39/h1-18,27-29H/t27?,28-,29+/m0/s1. The van der Waals surface area contributed by atoms with Crippen molar-refractivity contribution in [3.63, 3.8) is 0 Å². The lowest BCUT2D eigenvalue weighted by atomic mass is 9.64. The van der Waals surface area contributed by atoms with Gasteiger partial charge < -0.3 is 4.90 Å². The fourth-order valence-corrected chi connectivity index (χ4v) is 6.88. The Labute approximate surface area is 233 Å². The van der Waals surface area contributed by atoms with Gasteiger partial charge in [-0.1, -0.05) is 66.7 Å². The van der Waals surface area contributed by atoms with Crippen LogP contribution >= 0.6 is 0 Å². The average molecular weight is 545 g/mol. The molecule has 0 radical (unpaired) electrons. The van der Waals surface area contributed by atoms with E-state index in [1.165, 1.54) is 48.5 Å². The summed E-state index contributed by atoms with van der Waals surface area (Å²) in [6, 6.07) is 23.1. The van der Waals surface area contributed by atoms with Crippen molar-refractivity contribution < 1.29 is 23.7 Å². The normalized spacial score (nSPS) is 21.5. The molecule has 3 aliphatic rings. The number of nitrogens with zero attached hydrogens (tertiary/aromatic N) is 2. The van der Waals surface area contributed by atoms with E-state index < -0.39 is 39.9 Å². The van der Waals surface area contributed by atoms with Gasteiger partial charge in [0.25, 0.3) is 5.69 Å². The highest BCUT2D eigenvalue weighted by Crippen LogP contribution is 2.60. The number of hydrogen-bond donors (Lipinski definition) is 0. The third kappa shape index (κ3) is 3.34. The Kier molecular flexibility index (Phi) is 5.37. The smallest absolute Gasteiger partial charge is 0.269 e. The molecule has 200 valence electrons. The molecular weight excluding hydrogens is 523 g/mol. The number of anilines is 1. The molecule has 3 atom stereocenters. The molecule has 1 aliphatic carbocycles. The predicted octanol–water partition coefficient (Wildman–Crippen LogP) is 6.05. The summed E-state index contributed by atoms with van der Waals surface area (Å²) in [5.41, 5.74) is 0.886. The molecule has 0 aromatic heterocycles. The summed E-state index contributed by atoms with van der Waals surface area (Å²) < 4.78 is 14.1. The number of benzene rings is 4. The van der Waals surface area contributed by atoms with Crippen LogP contribution in [0.1, 0.15) is 48.1 Å². The van der Waals surface area contributed by atoms with Crippen molar-refractivity contribution in [3.8, 4) is 0 Å². The van der Waals surface area contributed by atoms with Gasteiger partial charge in [-0.15, -0.1) is 0 Å². The number of para-hydroxylation sites is 1. The Morgan fingerprint density at radius 3 is 2.07 bits per heavy atom. The van der Waals surface area contributed by atoms with Gasteiger partial charge in [0.1, 0.15) is 17.3 Å². The predicted molar refractivity (Wildman–Crippen MR) is 150 cm³/mol. The molecule has 41 heavy (non-hydrogen) atoms. The van der Waals surface area contributed by atoms with Gasteiger partial charge in [-0.25, -0.2) is 4.39 Å². The number of carbonyl (C=O) groups is 3. The molecule has 1 fully saturated rings. The van der Waals surface area contributed by atoms with E-state index in [0.29, 0.717) is 22.4 Å². The van der Waals surface area contributed by atoms with Crippen LogP contribution in [0.2, 0.25) is 0 Å². The molecule has 1 unspecified atom stereocenters. The molecule has 0 N–H and O–H groups in total. The molecule has 4 aromatic carbocycles. The Balaban J connectivity index is 1.52. The first-order chi connectivity index (χ1) is 19.8. The Morgan fingerprint density at radius 2 is 1.44 bits per heavy atom. The van der Waals surface area contributed by atoms with E-state index in [2.05, 4.69) is 0 Å². The second kappa shape index (κ2) is 8.89. The van der Waals surface area contributed by atoms with Crippen molar-refractivity contribution in [3.05, 3.63) is 147 Å². The van der Waals surface area contributed by atoms with Crippen molar-refractivity contribution in [1.82, 2.24) is 0 Å². The average Bonchev–Trinajstić information content (AvgIpc) is 3.43. The monoisotopic (exact) mass is 544 g/mol. The number of nitro benzene ring substituents is 1. The van der Waals surface area contributed by atoms with Crippen molar-refractivity contribution in [2.75, 3.05) is 4.90 Å². The van der Waals surface area contributed by atoms with Crippen LogP contribution in [-0.2, 0) is 0 Å². The molecule has 0 saturated carbocycles. The maximum absolute atomic E-state index is 14.5. The Bertz CT molecular complexity index is 1780. The summed E-state index contributed by atoms with van der Waals surface area (Å²) in [4.78, 5) is 56.2. The van der Waals surface area contributed by atoms with E-state index in [9.17, 15) is 28.9 Å². The van der Waals surface area contributed by atoms with Crippen LogP contribution in [0.15, 0.2) is 103 Å². The molecule has 2 aliphatic heterocycles. The van der Waals surface area contributed by atoms with E-state index in [-0.39, 0.29) is 22.8 Å². The zero-order valence-corrected chi connectivity index (χ0v) is 21.4. The van der Waals surface area contributed by atoms with Crippen molar-refractivity contribution in [2.24, 2.45) is 5.41 Å². The zero-order valence-electron chi connectivity index (χ0n) is 21.4. The summed E-state index contributed by atoms with van der Waals surface area (Å²) in [6.45, 7) is 0. The van der Waals surface area contributed by atoms with Crippen LogP contribution in [0, 0.1) is 21.3 Å². The fourth-order valence-electron chi connectivity index (χ4n) is 6.88. The third-order valence-electron chi connectivity index (χ3n) is 8.57. The van der Waals surface area contributed by atoms with Crippen LogP contribution in [-0.4, -0.2) is 34.4 Å². The summed E-state index contributed by atoms with van der Waals surface area (Å²) in [7, 11) is 0. The van der Waals surface area contributed by atoms with Gasteiger partial charge in [0, 0.05) is 40.4 Å². The highest BCUT2D eigenvalue weighted by Gasteiger charge is 2.71. The second-order valence-corrected chi connectivity index (χ2v) is 10.5. The number of non-ortho nitro benzene ring substituents is 1. The molecule has 8 heteroatoms. The molecule has 1 saturated heterocycles. The molecule has 4 aromatic rings. The lowest BCUT2D eigenvalue weighted by Gasteiger charge is -2.37. The molecule has 7 nitrogen and oxygen atoms in total. The lowest BCUT2D eigenvalue weighted by molar-refractivity contribution is -0.384. The minimum absolute atomic E-state index is 0.166. The minimum Gasteiger partial charge on any atom is -0.352 e. The minimum atomic E-state index is -1.70. The third-order valence-corrected chi connectivity index (χ3v) is 8.57. The number of fused-ring (bicyclic) bond motifs is 5. The van der Waals surface area contributed by atoms with Crippen molar-refractivity contribution >= 4 is 34.8 Å². The molecule has 0 amide bonds. The van der Waals surface area contributed by atoms with E-state index in [1.54, 1.807) is 24.3 Å². The first-order valence-corrected chi connectivity index (χ1v) is 13.1. The first-order valence-electron chi connectivity index (χ1n) is 13.1. The van der Waals surface area contributed by atoms with Crippen LogP contribution < -0.4 is 4.90 Å². The van der Waals surface area contributed by atoms with E-state index in [1.807, 2.05) is 41.3 Å². The summed E-state index contributed by atoms with van der Waals surface area (Å²) in [5, 5.41) is 11.3. The van der Waals surface area contributed by atoms with Crippen LogP contribution in [0.25, 0.3) is 6.08 Å². The number of rotatable bonds is 4. The van der Waals surface area contributed by atoms with Gasteiger partial charge in [0.05, 0.1) is 11.0 Å². The molecule has 2 heterocycles. The largest absolute Gasteiger partial charge is 0.352 e. The summed E-state index contributed by atoms with van der Waals surface area (Å²) in [5.74, 6) is -2.65. The van der Waals surface area contributed by atoms with Gasteiger partial charge in [-0.05, 0) is 41.5 Å². The van der Waals surface area contributed by atoms with Gasteiger partial charge in [0.15, 0.2) is 17.3 Å². The van der Waals surface area contributed by atoms with Crippen molar-refractivity contribution in [2.45, 2.75) is 18.0 Å². The van der Waals surface area contributed by atoms with Crippen LogP contribution in [0.3, 0.4) is 0 Å². The molecular formula is C33H21FN2O5. The van der Waals surface area contributed by atoms with Gasteiger partial charge in [-0.3, -0.25) is 24.5 Å². The second-order valence-electron chi connectivity index (χ2n) is 10.5. The fraction of sp³-hybridized carbons (Fsp3) is 0.121. The van der Waals surface area contributed by atoms with Gasteiger partial charge >= 0.3 is 0 Å². The quantitative estimate of drug-likeness (QED) is 0.134. The van der Waals surface area contributed by atoms with Crippen LogP contribution in [0.5, 0.6) is 0 Å². The SMILES string of the molecule is O=C(c1ccc([N+](=O)[O-])cc1)[C@H]1[C@H](c2ccc(F)cc2)C2(C(=O)c3ccccc3C2=O)C2C=Cc3ccccc3N21. The number of Topliss-reactive ketones (excluding diaryl/α,β-unsaturated/α-hetero) is 3.